The molecule has 2 fully saturated rings. The van der Waals surface area contributed by atoms with Crippen molar-refractivity contribution in [2.75, 3.05) is 6.54 Å². The number of hydrogen-bond donors (Lipinski definition) is 3. The Labute approximate surface area is 108 Å². The summed E-state index contributed by atoms with van der Waals surface area (Å²) in [4.78, 5) is 23.2. The molecule has 0 aromatic heterocycles. The minimum atomic E-state index is -0.201. The van der Waals surface area contributed by atoms with Crippen molar-refractivity contribution in [1.82, 2.24) is 10.6 Å². The van der Waals surface area contributed by atoms with Crippen LogP contribution in [0.15, 0.2) is 0 Å². The molecule has 1 saturated heterocycles. The Balaban J connectivity index is 1.77. The molecule has 0 aromatic carbocycles. The maximum absolute atomic E-state index is 12.1. The Morgan fingerprint density at radius 3 is 2.33 bits per heavy atom. The summed E-state index contributed by atoms with van der Waals surface area (Å²) < 4.78 is 0. The number of carbonyl (C=O) groups is 2. The van der Waals surface area contributed by atoms with Gasteiger partial charge in [0.1, 0.15) is 0 Å². The highest BCUT2D eigenvalue weighted by molar-refractivity contribution is 5.80. The van der Waals surface area contributed by atoms with Crippen molar-refractivity contribution in [3.63, 3.8) is 0 Å². The number of nitrogens with one attached hydrogen (secondary N) is 2. The van der Waals surface area contributed by atoms with Gasteiger partial charge in [0.2, 0.25) is 11.8 Å². The van der Waals surface area contributed by atoms with Crippen LogP contribution in [-0.2, 0) is 9.59 Å². The maximum Gasteiger partial charge on any atom is 0.224 e. The van der Waals surface area contributed by atoms with Gasteiger partial charge in [0.25, 0.3) is 0 Å². The molecule has 2 aliphatic rings. The van der Waals surface area contributed by atoms with Crippen LogP contribution < -0.4 is 16.4 Å². The summed E-state index contributed by atoms with van der Waals surface area (Å²) in [7, 11) is 0. The van der Waals surface area contributed by atoms with Gasteiger partial charge in [-0.15, -0.1) is 0 Å². The van der Waals surface area contributed by atoms with E-state index >= 15 is 0 Å². The van der Waals surface area contributed by atoms with Gasteiger partial charge in [-0.1, -0.05) is 0 Å². The molecule has 4 N–H and O–H groups in total. The number of hydrogen-bond acceptors (Lipinski definition) is 3. The lowest BCUT2D eigenvalue weighted by atomic mass is 9.85. The summed E-state index contributed by atoms with van der Waals surface area (Å²) in [5, 5.41) is 6.41. The van der Waals surface area contributed by atoms with E-state index in [-0.39, 0.29) is 35.7 Å². The summed E-state index contributed by atoms with van der Waals surface area (Å²) >= 11 is 0. The van der Waals surface area contributed by atoms with Crippen molar-refractivity contribution >= 4 is 11.8 Å². The minimum Gasteiger partial charge on any atom is -0.369 e. The molecule has 2 rings (SSSR count). The molecule has 0 aromatic rings. The van der Waals surface area contributed by atoms with Crippen molar-refractivity contribution < 1.29 is 9.59 Å². The van der Waals surface area contributed by atoms with Crippen molar-refractivity contribution in [2.24, 2.45) is 17.6 Å². The van der Waals surface area contributed by atoms with Gasteiger partial charge in [0.05, 0.1) is 5.92 Å². The third-order valence-corrected chi connectivity index (χ3v) is 4.34. The van der Waals surface area contributed by atoms with E-state index in [9.17, 15) is 9.59 Å². The Hall–Kier alpha value is -1.10. The van der Waals surface area contributed by atoms with Gasteiger partial charge in [0.15, 0.2) is 0 Å². The van der Waals surface area contributed by atoms with Crippen LogP contribution in [0.1, 0.15) is 39.0 Å². The third kappa shape index (κ3) is 3.02. The first kappa shape index (κ1) is 13.3. The normalized spacial score (nSPS) is 36.3. The van der Waals surface area contributed by atoms with Crippen LogP contribution in [0.5, 0.6) is 0 Å². The highest BCUT2D eigenvalue weighted by Crippen LogP contribution is 2.25. The van der Waals surface area contributed by atoms with Crippen LogP contribution in [0.4, 0.5) is 0 Å². The molecule has 102 valence electrons. The topological polar surface area (TPSA) is 84.2 Å². The molecule has 5 heteroatoms. The number of amides is 2. The molecule has 1 aliphatic carbocycles. The molecular formula is C13H23N3O2. The first-order valence-electron chi connectivity index (χ1n) is 6.91. The summed E-state index contributed by atoms with van der Waals surface area (Å²) in [6.07, 6.45) is 4.27. The van der Waals surface area contributed by atoms with Gasteiger partial charge < -0.3 is 16.4 Å². The maximum atomic E-state index is 12.1. The van der Waals surface area contributed by atoms with E-state index < -0.39 is 0 Å². The number of nitrogens with two attached hydrogens (primary N) is 1. The first-order chi connectivity index (χ1) is 8.58. The van der Waals surface area contributed by atoms with Crippen LogP contribution in [0, 0.1) is 11.8 Å². The summed E-state index contributed by atoms with van der Waals surface area (Å²) in [6.45, 7) is 2.98. The Kier molecular flexibility index (Phi) is 4.22. The molecule has 0 spiro atoms. The Morgan fingerprint density at radius 2 is 1.83 bits per heavy atom. The Bertz CT molecular complexity index is 324. The standard InChI is InChI=1S/C13H23N3O2/c1-8-11(6-7-15-8)13(18)16-10-4-2-9(3-5-10)12(14)17/h8-11,15H,2-7H2,1H3,(H2,14,17)(H,16,18). The molecule has 2 unspecified atom stereocenters. The summed E-state index contributed by atoms with van der Waals surface area (Å²) in [5.74, 6) is 0.0625. The fourth-order valence-electron chi connectivity index (χ4n) is 3.05. The van der Waals surface area contributed by atoms with Gasteiger partial charge in [-0.05, 0) is 45.6 Å². The fraction of sp³-hybridized carbons (Fsp3) is 0.846. The minimum absolute atomic E-state index is 0.00484. The van der Waals surface area contributed by atoms with E-state index in [1.54, 1.807) is 0 Å². The van der Waals surface area contributed by atoms with E-state index in [4.69, 9.17) is 5.73 Å². The zero-order valence-corrected chi connectivity index (χ0v) is 10.9. The molecule has 5 nitrogen and oxygen atoms in total. The lowest BCUT2D eigenvalue weighted by Gasteiger charge is -2.28. The average molecular weight is 253 g/mol. The van der Waals surface area contributed by atoms with Gasteiger partial charge in [-0.3, -0.25) is 9.59 Å². The SMILES string of the molecule is CC1NCCC1C(=O)NC1CCC(C(N)=O)CC1. The van der Waals surface area contributed by atoms with E-state index in [1.807, 2.05) is 0 Å². The summed E-state index contributed by atoms with van der Waals surface area (Å²) in [6, 6.07) is 0.493. The van der Waals surface area contributed by atoms with Crippen LogP contribution in [0.2, 0.25) is 0 Å². The van der Waals surface area contributed by atoms with Gasteiger partial charge >= 0.3 is 0 Å². The van der Waals surface area contributed by atoms with E-state index in [1.165, 1.54) is 0 Å². The van der Waals surface area contributed by atoms with Crippen molar-refractivity contribution in [1.29, 1.82) is 0 Å². The molecule has 1 saturated carbocycles. The molecular weight excluding hydrogens is 230 g/mol. The molecule has 0 radical (unpaired) electrons. The predicted octanol–water partition coefficient (Wildman–Crippen LogP) is 0.145. The number of rotatable bonds is 3. The zero-order valence-electron chi connectivity index (χ0n) is 10.9. The zero-order chi connectivity index (χ0) is 13.1. The third-order valence-electron chi connectivity index (χ3n) is 4.34. The van der Waals surface area contributed by atoms with Crippen LogP contribution in [-0.4, -0.2) is 30.4 Å². The number of carbonyl (C=O) groups excluding carboxylic acids is 2. The molecule has 1 aliphatic heterocycles. The van der Waals surface area contributed by atoms with E-state index in [0.717, 1.165) is 38.6 Å². The monoisotopic (exact) mass is 253 g/mol. The highest BCUT2D eigenvalue weighted by Gasteiger charge is 2.32. The van der Waals surface area contributed by atoms with Gasteiger partial charge in [-0.2, -0.15) is 0 Å². The smallest absolute Gasteiger partial charge is 0.224 e. The highest BCUT2D eigenvalue weighted by atomic mass is 16.2. The predicted molar refractivity (Wildman–Crippen MR) is 68.7 cm³/mol. The number of primary amides is 1. The van der Waals surface area contributed by atoms with Crippen molar-refractivity contribution in [3.05, 3.63) is 0 Å². The molecule has 2 atom stereocenters. The van der Waals surface area contributed by atoms with Crippen molar-refractivity contribution in [2.45, 2.75) is 51.1 Å². The second-order valence-corrected chi connectivity index (χ2v) is 5.60. The van der Waals surface area contributed by atoms with Crippen LogP contribution in [0.3, 0.4) is 0 Å². The lowest BCUT2D eigenvalue weighted by molar-refractivity contribution is -0.126. The van der Waals surface area contributed by atoms with Crippen LogP contribution >= 0.6 is 0 Å². The van der Waals surface area contributed by atoms with Gasteiger partial charge in [0, 0.05) is 18.0 Å². The van der Waals surface area contributed by atoms with Gasteiger partial charge in [-0.25, -0.2) is 0 Å². The molecule has 18 heavy (non-hydrogen) atoms. The van der Waals surface area contributed by atoms with Crippen LogP contribution in [0.25, 0.3) is 0 Å². The lowest BCUT2D eigenvalue weighted by Crippen LogP contribution is -2.44. The fourth-order valence-corrected chi connectivity index (χ4v) is 3.05. The average Bonchev–Trinajstić information content (AvgIpc) is 2.76. The largest absolute Gasteiger partial charge is 0.369 e. The first-order valence-corrected chi connectivity index (χ1v) is 6.91. The second kappa shape index (κ2) is 5.69. The Morgan fingerprint density at radius 1 is 1.17 bits per heavy atom. The molecule has 2 amide bonds. The molecule has 0 bridgehead atoms. The van der Waals surface area contributed by atoms with E-state index in [2.05, 4.69) is 17.6 Å². The van der Waals surface area contributed by atoms with Crippen molar-refractivity contribution in [3.8, 4) is 0 Å². The summed E-state index contributed by atoms with van der Waals surface area (Å²) in [5.41, 5.74) is 5.30. The molecule has 1 heterocycles. The quantitative estimate of drug-likeness (QED) is 0.669. The second-order valence-electron chi connectivity index (χ2n) is 5.60. The van der Waals surface area contributed by atoms with E-state index in [0.29, 0.717) is 0 Å².